The van der Waals surface area contributed by atoms with Crippen LogP contribution < -0.4 is 0 Å². The van der Waals surface area contributed by atoms with Gasteiger partial charge < -0.3 is 15.0 Å². The number of piperidine rings is 1. The van der Waals surface area contributed by atoms with E-state index in [1.807, 2.05) is 6.07 Å². The number of aromatic nitrogens is 1. The minimum atomic E-state index is -0.381. The molecular formula is C11H15N3O2. The van der Waals surface area contributed by atoms with E-state index in [4.69, 9.17) is 0 Å². The molecule has 0 aliphatic carbocycles. The third kappa shape index (κ3) is 2.19. The van der Waals surface area contributed by atoms with E-state index < -0.39 is 0 Å². The van der Waals surface area contributed by atoms with Crippen LogP contribution in [0, 0.1) is 10.1 Å². The Bertz CT molecular complexity index is 387. The van der Waals surface area contributed by atoms with Gasteiger partial charge in [-0.2, -0.15) is 0 Å². The molecule has 0 unspecified atom stereocenters. The molecule has 5 nitrogen and oxygen atoms in total. The molecule has 0 radical (unpaired) electrons. The smallest absolute Gasteiger partial charge is 0.358 e. The average molecular weight is 221 g/mol. The lowest BCUT2D eigenvalue weighted by Crippen LogP contribution is -2.29. The van der Waals surface area contributed by atoms with Crippen molar-refractivity contribution in [3.05, 3.63) is 34.0 Å². The van der Waals surface area contributed by atoms with Crippen LogP contribution in [0.1, 0.15) is 24.3 Å². The van der Waals surface area contributed by atoms with Gasteiger partial charge >= 0.3 is 5.82 Å². The molecule has 0 spiro atoms. The quantitative estimate of drug-likeness (QED) is 0.564. The predicted molar refractivity (Wildman–Crippen MR) is 60.4 cm³/mol. The number of rotatable bonds is 2. The van der Waals surface area contributed by atoms with Crippen molar-refractivity contribution in [2.24, 2.45) is 0 Å². The molecule has 2 rings (SSSR count). The minimum absolute atomic E-state index is 0.0250. The van der Waals surface area contributed by atoms with E-state index in [-0.39, 0.29) is 16.7 Å². The molecule has 1 saturated heterocycles. The van der Waals surface area contributed by atoms with Crippen molar-refractivity contribution in [3.8, 4) is 0 Å². The molecule has 1 fully saturated rings. The van der Waals surface area contributed by atoms with Gasteiger partial charge in [0, 0.05) is 0 Å². The van der Waals surface area contributed by atoms with Gasteiger partial charge in [0.05, 0.1) is 5.56 Å². The first kappa shape index (κ1) is 11.0. The summed E-state index contributed by atoms with van der Waals surface area (Å²) in [5.41, 5.74) is 0.792. The summed E-state index contributed by atoms with van der Waals surface area (Å²) < 4.78 is 0. The Morgan fingerprint density at radius 2 is 2.19 bits per heavy atom. The summed E-state index contributed by atoms with van der Waals surface area (Å²) in [5, 5.41) is 10.9. The number of nitrogens with zero attached hydrogens (tertiary/aromatic N) is 3. The molecule has 1 aliphatic rings. The molecular weight excluding hydrogens is 206 g/mol. The molecule has 0 bridgehead atoms. The summed E-state index contributed by atoms with van der Waals surface area (Å²) >= 11 is 0. The average Bonchev–Trinajstić information content (AvgIpc) is 2.30. The predicted octanol–water partition coefficient (Wildman–Crippen LogP) is 1.80. The maximum absolute atomic E-state index is 10.9. The number of likely N-dealkylation sites (tertiary alicyclic amines) is 1. The van der Waals surface area contributed by atoms with Crippen LogP contribution in [-0.4, -0.2) is 34.9 Å². The van der Waals surface area contributed by atoms with E-state index in [1.165, 1.54) is 6.20 Å². The molecule has 16 heavy (non-hydrogen) atoms. The standard InChI is InChI=1S/C11H15N3O2/c1-13-7-4-9(5-8-13)10-3-2-6-12-11(10)14(15)16/h2-3,6,9H,4-5,7-8H2,1H3. The highest BCUT2D eigenvalue weighted by molar-refractivity contribution is 5.35. The van der Waals surface area contributed by atoms with Crippen LogP contribution in [0.4, 0.5) is 5.82 Å². The van der Waals surface area contributed by atoms with E-state index in [0.29, 0.717) is 0 Å². The lowest BCUT2D eigenvalue weighted by atomic mass is 9.90. The van der Waals surface area contributed by atoms with Crippen molar-refractivity contribution in [3.63, 3.8) is 0 Å². The fourth-order valence-corrected chi connectivity index (χ4v) is 2.20. The maximum Gasteiger partial charge on any atom is 0.366 e. The second kappa shape index (κ2) is 4.57. The van der Waals surface area contributed by atoms with Gasteiger partial charge in [0.15, 0.2) is 0 Å². The van der Waals surface area contributed by atoms with Crippen molar-refractivity contribution in [1.82, 2.24) is 9.88 Å². The van der Waals surface area contributed by atoms with Crippen LogP contribution in [0.2, 0.25) is 0 Å². The van der Waals surface area contributed by atoms with Crippen molar-refractivity contribution in [2.45, 2.75) is 18.8 Å². The van der Waals surface area contributed by atoms with E-state index in [9.17, 15) is 10.1 Å². The lowest BCUT2D eigenvalue weighted by Gasteiger charge is -2.28. The molecule has 1 aromatic rings. The molecule has 0 saturated carbocycles. The molecule has 0 atom stereocenters. The van der Waals surface area contributed by atoms with Crippen LogP contribution in [0.25, 0.3) is 0 Å². The van der Waals surface area contributed by atoms with Gasteiger partial charge in [-0.05, 0) is 60.9 Å². The zero-order valence-electron chi connectivity index (χ0n) is 9.30. The SMILES string of the molecule is CN1CCC(c2cccnc2[N+](=O)[O-])CC1. The van der Waals surface area contributed by atoms with E-state index in [0.717, 1.165) is 31.5 Å². The summed E-state index contributed by atoms with van der Waals surface area (Å²) in [7, 11) is 2.08. The van der Waals surface area contributed by atoms with Crippen LogP contribution in [0.5, 0.6) is 0 Å². The van der Waals surface area contributed by atoms with Gasteiger partial charge in [0.1, 0.15) is 6.20 Å². The Labute approximate surface area is 94.2 Å². The first-order valence-electron chi connectivity index (χ1n) is 5.46. The highest BCUT2D eigenvalue weighted by atomic mass is 16.6. The number of hydrogen-bond acceptors (Lipinski definition) is 4. The highest BCUT2D eigenvalue weighted by Crippen LogP contribution is 2.32. The van der Waals surface area contributed by atoms with Gasteiger partial charge in [0.25, 0.3) is 0 Å². The number of hydrogen-bond donors (Lipinski definition) is 0. The molecule has 2 heterocycles. The highest BCUT2D eigenvalue weighted by Gasteiger charge is 2.25. The molecule has 0 N–H and O–H groups in total. The van der Waals surface area contributed by atoms with E-state index in [2.05, 4.69) is 16.9 Å². The zero-order valence-corrected chi connectivity index (χ0v) is 9.30. The summed E-state index contributed by atoms with van der Waals surface area (Å²) in [4.78, 5) is 16.6. The fourth-order valence-electron chi connectivity index (χ4n) is 2.20. The third-order valence-corrected chi connectivity index (χ3v) is 3.15. The van der Waals surface area contributed by atoms with Crippen LogP contribution in [-0.2, 0) is 0 Å². The van der Waals surface area contributed by atoms with Crippen molar-refractivity contribution in [2.75, 3.05) is 20.1 Å². The zero-order chi connectivity index (χ0) is 11.5. The summed E-state index contributed by atoms with van der Waals surface area (Å²) in [6.07, 6.45) is 3.43. The van der Waals surface area contributed by atoms with Crippen LogP contribution in [0.3, 0.4) is 0 Å². The molecule has 86 valence electrons. The fraction of sp³-hybridized carbons (Fsp3) is 0.545. The lowest BCUT2D eigenvalue weighted by molar-refractivity contribution is -0.390. The Morgan fingerprint density at radius 1 is 1.50 bits per heavy atom. The second-order valence-electron chi connectivity index (χ2n) is 4.25. The number of pyridine rings is 1. The molecule has 5 heteroatoms. The van der Waals surface area contributed by atoms with Crippen molar-refractivity contribution >= 4 is 5.82 Å². The first-order valence-corrected chi connectivity index (χ1v) is 5.46. The van der Waals surface area contributed by atoms with Gasteiger partial charge in [-0.1, -0.05) is 0 Å². The summed E-state index contributed by atoms with van der Waals surface area (Å²) in [6, 6.07) is 3.61. The molecule has 0 aromatic carbocycles. The van der Waals surface area contributed by atoms with Crippen molar-refractivity contribution in [1.29, 1.82) is 0 Å². The summed E-state index contributed by atoms with van der Waals surface area (Å²) in [5.74, 6) is 0.308. The minimum Gasteiger partial charge on any atom is -0.358 e. The Hall–Kier alpha value is -1.49. The second-order valence-corrected chi connectivity index (χ2v) is 4.25. The monoisotopic (exact) mass is 221 g/mol. The molecule has 0 amide bonds. The van der Waals surface area contributed by atoms with Gasteiger partial charge in [-0.25, -0.2) is 0 Å². The Balaban J connectivity index is 2.23. The first-order chi connectivity index (χ1) is 7.68. The molecule has 1 aromatic heterocycles. The van der Waals surface area contributed by atoms with Gasteiger partial charge in [-0.15, -0.1) is 0 Å². The number of nitro groups is 1. The Kier molecular flexibility index (Phi) is 3.14. The van der Waals surface area contributed by atoms with E-state index >= 15 is 0 Å². The van der Waals surface area contributed by atoms with E-state index in [1.54, 1.807) is 6.07 Å². The van der Waals surface area contributed by atoms with Gasteiger partial charge in [-0.3, -0.25) is 0 Å². The van der Waals surface area contributed by atoms with Crippen LogP contribution >= 0.6 is 0 Å². The van der Waals surface area contributed by atoms with Crippen LogP contribution in [0.15, 0.2) is 18.3 Å². The van der Waals surface area contributed by atoms with Gasteiger partial charge in [0.2, 0.25) is 0 Å². The third-order valence-electron chi connectivity index (χ3n) is 3.15. The topological polar surface area (TPSA) is 59.3 Å². The maximum atomic E-state index is 10.9. The molecule has 1 aliphatic heterocycles. The Morgan fingerprint density at radius 3 is 2.81 bits per heavy atom. The summed E-state index contributed by atoms with van der Waals surface area (Å²) in [6.45, 7) is 1.99. The largest absolute Gasteiger partial charge is 0.366 e. The van der Waals surface area contributed by atoms with Crippen molar-refractivity contribution < 1.29 is 4.92 Å². The normalized spacial score (nSPS) is 18.6.